The summed E-state index contributed by atoms with van der Waals surface area (Å²) in [6.45, 7) is 1.50. The summed E-state index contributed by atoms with van der Waals surface area (Å²) in [6.07, 6.45) is 2.77. The van der Waals surface area contributed by atoms with Crippen molar-refractivity contribution >= 4 is 29.0 Å². The first-order valence-corrected chi connectivity index (χ1v) is 8.49. The van der Waals surface area contributed by atoms with Crippen molar-refractivity contribution in [1.29, 1.82) is 0 Å². The number of rotatable bonds is 6. The predicted octanol–water partition coefficient (Wildman–Crippen LogP) is 3.25. The number of halogens is 1. The smallest absolute Gasteiger partial charge is 0.271 e. The molecule has 142 valence electrons. The zero-order valence-corrected chi connectivity index (χ0v) is 15.1. The average molecular weight is 379 g/mol. The fraction of sp³-hybridized carbons (Fsp3) is 0.100. The molecular weight excluding hydrogens is 361 g/mol. The molecule has 3 N–H and O–H groups in total. The lowest BCUT2D eigenvalue weighted by Crippen LogP contribution is -2.24. The highest BCUT2D eigenvalue weighted by molar-refractivity contribution is 5.92. The lowest BCUT2D eigenvalue weighted by molar-refractivity contribution is -0.114. The molecule has 0 atom stereocenters. The van der Waals surface area contributed by atoms with Crippen LogP contribution in [0.15, 0.2) is 60.9 Å². The highest BCUT2D eigenvalue weighted by Crippen LogP contribution is 2.17. The van der Waals surface area contributed by atoms with Crippen LogP contribution < -0.4 is 16.0 Å². The summed E-state index contributed by atoms with van der Waals surface area (Å²) in [7, 11) is 0. The monoisotopic (exact) mass is 379 g/mol. The van der Waals surface area contributed by atoms with Gasteiger partial charge < -0.3 is 16.0 Å². The fourth-order valence-corrected chi connectivity index (χ4v) is 2.41. The number of nitrogens with zero attached hydrogens (tertiary/aromatic N) is 2. The van der Waals surface area contributed by atoms with Crippen molar-refractivity contribution < 1.29 is 14.0 Å². The Morgan fingerprint density at radius 3 is 2.32 bits per heavy atom. The minimum absolute atomic E-state index is 0.0633. The molecule has 0 bridgehead atoms. The molecule has 0 saturated carbocycles. The van der Waals surface area contributed by atoms with E-state index < -0.39 is 5.91 Å². The van der Waals surface area contributed by atoms with Crippen molar-refractivity contribution in [2.75, 3.05) is 10.6 Å². The van der Waals surface area contributed by atoms with Gasteiger partial charge in [0.2, 0.25) is 5.91 Å². The van der Waals surface area contributed by atoms with Gasteiger partial charge in [0, 0.05) is 30.4 Å². The van der Waals surface area contributed by atoms with Crippen LogP contribution in [-0.2, 0) is 11.3 Å². The van der Waals surface area contributed by atoms with Crippen LogP contribution in [-0.4, -0.2) is 21.8 Å². The number of amides is 2. The second kappa shape index (κ2) is 8.72. The standard InChI is InChI=1S/C20H18FN5O2/c1-13(27)25-15-6-8-16(9-7-15)26-19-12-22-18(11-23-19)20(28)24-10-14-4-2-3-5-17(14)21/h2-9,11-12H,10H2,1H3,(H,23,26)(H,24,28)(H,25,27). The Morgan fingerprint density at radius 2 is 1.68 bits per heavy atom. The van der Waals surface area contributed by atoms with Gasteiger partial charge in [0.25, 0.3) is 5.91 Å². The van der Waals surface area contributed by atoms with Gasteiger partial charge in [-0.3, -0.25) is 9.59 Å². The van der Waals surface area contributed by atoms with Gasteiger partial charge in [0.15, 0.2) is 0 Å². The van der Waals surface area contributed by atoms with E-state index in [-0.39, 0.29) is 24.0 Å². The molecule has 0 fully saturated rings. The van der Waals surface area contributed by atoms with Crippen molar-refractivity contribution in [3.63, 3.8) is 0 Å². The highest BCUT2D eigenvalue weighted by atomic mass is 19.1. The first kappa shape index (κ1) is 19.0. The Balaban J connectivity index is 1.57. The van der Waals surface area contributed by atoms with Crippen molar-refractivity contribution in [1.82, 2.24) is 15.3 Å². The number of aromatic nitrogens is 2. The van der Waals surface area contributed by atoms with E-state index in [0.29, 0.717) is 17.1 Å². The van der Waals surface area contributed by atoms with Gasteiger partial charge in [0.05, 0.1) is 12.4 Å². The molecule has 0 aliphatic rings. The van der Waals surface area contributed by atoms with Crippen molar-refractivity contribution in [3.05, 3.63) is 78.0 Å². The van der Waals surface area contributed by atoms with E-state index >= 15 is 0 Å². The zero-order chi connectivity index (χ0) is 19.9. The molecule has 2 amide bonds. The summed E-state index contributed by atoms with van der Waals surface area (Å²) in [5, 5.41) is 8.34. The third-order valence-corrected chi connectivity index (χ3v) is 3.76. The van der Waals surface area contributed by atoms with Gasteiger partial charge in [-0.25, -0.2) is 14.4 Å². The Bertz CT molecular complexity index is 975. The first-order chi connectivity index (χ1) is 13.5. The first-order valence-electron chi connectivity index (χ1n) is 8.49. The van der Waals surface area contributed by atoms with Crippen LogP contribution in [0.25, 0.3) is 0 Å². The Morgan fingerprint density at radius 1 is 0.964 bits per heavy atom. The third kappa shape index (κ3) is 5.10. The number of carbonyl (C=O) groups excluding carboxylic acids is 2. The molecule has 28 heavy (non-hydrogen) atoms. The molecule has 0 radical (unpaired) electrons. The average Bonchev–Trinajstić information content (AvgIpc) is 2.69. The number of anilines is 3. The molecular formula is C20H18FN5O2. The molecule has 7 nitrogen and oxygen atoms in total. The molecule has 8 heteroatoms. The summed E-state index contributed by atoms with van der Waals surface area (Å²) < 4.78 is 13.6. The molecule has 1 aromatic heterocycles. The van der Waals surface area contributed by atoms with E-state index in [0.717, 1.165) is 5.69 Å². The van der Waals surface area contributed by atoms with Crippen molar-refractivity contribution in [2.45, 2.75) is 13.5 Å². The molecule has 0 saturated heterocycles. The lowest BCUT2D eigenvalue weighted by atomic mass is 10.2. The van der Waals surface area contributed by atoms with Gasteiger partial charge in [-0.15, -0.1) is 0 Å². The van der Waals surface area contributed by atoms with E-state index in [1.807, 2.05) is 0 Å². The van der Waals surface area contributed by atoms with E-state index in [2.05, 4.69) is 25.9 Å². The van der Waals surface area contributed by atoms with Crippen LogP contribution in [0.4, 0.5) is 21.6 Å². The van der Waals surface area contributed by atoms with Crippen LogP contribution in [0.2, 0.25) is 0 Å². The Hall–Kier alpha value is -3.81. The number of hydrogen-bond donors (Lipinski definition) is 3. The summed E-state index contributed by atoms with van der Waals surface area (Å²) in [6, 6.07) is 13.3. The van der Waals surface area contributed by atoms with Gasteiger partial charge in [-0.05, 0) is 30.3 Å². The minimum Gasteiger partial charge on any atom is -0.346 e. The van der Waals surface area contributed by atoms with Crippen LogP contribution in [0, 0.1) is 5.82 Å². The predicted molar refractivity (Wildman–Crippen MR) is 104 cm³/mol. The van der Waals surface area contributed by atoms with Crippen LogP contribution >= 0.6 is 0 Å². The fourth-order valence-electron chi connectivity index (χ4n) is 2.41. The molecule has 1 heterocycles. The summed E-state index contributed by atoms with van der Waals surface area (Å²) in [5.41, 5.74) is 1.96. The third-order valence-electron chi connectivity index (χ3n) is 3.76. The maximum atomic E-state index is 13.6. The lowest BCUT2D eigenvalue weighted by Gasteiger charge is -2.08. The Labute approximate surface area is 161 Å². The Kier molecular flexibility index (Phi) is 5.91. The number of benzene rings is 2. The van der Waals surface area contributed by atoms with Crippen LogP contribution in [0.5, 0.6) is 0 Å². The second-order valence-corrected chi connectivity index (χ2v) is 5.94. The van der Waals surface area contributed by atoms with E-state index in [1.54, 1.807) is 42.5 Å². The zero-order valence-electron chi connectivity index (χ0n) is 15.1. The number of hydrogen-bond acceptors (Lipinski definition) is 5. The second-order valence-electron chi connectivity index (χ2n) is 5.94. The van der Waals surface area contributed by atoms with E-state index in [1.165, 1.54) is 25.4 Å². The molecule has 3 rings (SSSR count). The van der Waals surface area contributed by atoms with Crippen molar-refractivity contribution in [2.24, 2.45) is 0 Å². The van der Waals surface area contributed by atoms with Crippen LogP contribution in [0.1, 0.15) is 23.0 Å². The SMILES string of the molecule is CC(=O)Nc1ccc(Nc2cnc(C(=O)NCc3ccccc3F)cn2)cc1. The molecule has 2 aromatic carbocycles. The van der Waals surface area contributed by atoms with Gasteiger partial charge in [-0.2, -0.15) is 0 Å². The molecule has 0 aliphatic heterocycles. The molecule has 0 unspecified atom stereocenters. The quantitative estimate of drug-likeness (QED) is 0.611. The van der Waals surface area contributed by atoms with Gasteiger partial charge in [-0.1, -0.05) is 18.2 Å². The number of nitrogens with one attached hydrogen (secondary N) is 3. The van der Waals surface area contributed by atoms with E-state index in [4.69, 9.17) is 0 Å². The maximum Gasteiger partial charge on any atom is 0.271 e. The largest absolute Gasteiger partial charge is 0.346 e. The highest BCUT2D eigenvalue weighted by Gasteiger charge is 2.09. The van der Waals surface area contributed by atoms with Crippen molar-refractivity contribution in [3.8, 4) is 0 Å². The summed E-state index contributed by atoms with van der Waals surface area (Å²) in [5.74, 6) is -0.506. The normalized spacial score (nSPS) is 10.2. The van der Waals surface area contributed by atoms with Gasteiger partial charge >= 0.3 is 0 Å². The van der Waals surface area contributed by atoms with E-state index in [9.17, 15) is 14.0 Å². The summed E-state index contributed by atoms with van der Waals surface area (Å²) in [4.78, 5) is 31.4. The molecule has 0 aliphatic carbocycles. The molecule has 0 spiro atoms. The molecule has 3 aromatic rings. The minimum atomic E-state index is -0.443. The van der Waals surface area contributed by atoms with Gasteiger partial charge in [0.1, 0.15) is 17.3 Å². The topological polar surface area (TPSA) is 96.0 Å². The number of carbonyl (C=O) groups is 2. The van der Waals surface area contributed by atoms with Crippen LogP contribution in [0.3, 0.4) is 0 Å². The summed E-state index contributed by atoms with van der Waals surface area (Å²) >= 11 is 0. The maximum absolute atomic E-state index is 13.6.